The average molecular weight is 389 g/mol. The number of para-hydroxylation sites is 1. The van der Waals surface area contributed by atoms with Crippen LogP contribution in [-0.2, 0) is 9.59 Å². The fraction of sp³-hybridized carbons (Fsp3) is 0.571. The summed E-state index contributed by atoms with van der Waals surface area (Å²) in [5, 5.41) is 14.6. The molecule has 7 nitrogen and oxygen atoms in total. The van der Waals surface area contributed by atoms with Crippen molar-refractivity contribution in [2.75, 3.05) is 31.5 Å². The van der Waals surface area contributed by atoms with Gasteiger partial charge in [0.05, 0.1) is 17.8 Å². The van der Waals surface area contributed by atoms with Crippen molar-refractivity contribution in [2.24, 2.45) is 11.8 Å². The Morgan fingerprint density at radius 2 is 2.00 bits per heavy atom. The number of carbonyl (C=O) groups excluding carboxylic acids is 2. The number of benzene rings is 1. The minimum Gasteiger partial charge on any atom is -0.481 e. The van der Waals surface area contributed by atoms with Crippen molar-refractivity contribution < 1.29 is 19.5 Å². The van der Waals surface area contributed by atoms with E-state index in [2.05, 4.69) is 15.5 Å². The van der Waals surface area contributed by atoms with Gasteiger partial charge in [-0.05, 0) is 49.8 Å². The molecule has 2 amide bonds. The molecule has 154 valence electrons. The Morgan fingerprint density at radius 1 is 1.25 bits per heavy atom. The zero-order chi connectivity index (χ0) is 20.5. The number of carboxylic acid groups (broad SMARTS) is 1. The second-order valence-corrected chi connectivity index (χ2v) is 7.87. The molecule has 1 aromatic carbocycles. The van der Waals surface area contributed by atoms with Crippen LogP contribution in [0.4, 0.5) is 5.69 Å². The van der Waals surface area contributed by atoms with Crippen LogP contribution in [0, 0.1) is 11.8 Å². The molecule has 1 saturated heterocycles. The number of carboxylic acids is 1. The molecular weight excluding hydrogens is 358 g/mol. The standard InChI is InChI=1S/C21H31N3O4/c1-15(2)12-22-21(28)17-7-3-4-8-18(17)23-19(25)14-24-11-5-6-16(13-24)9-10-20(26)27/h3-4,7-8,15-16H,5-6,9-14H2,1-2H3,(H,22,28)(H,23,25)(H,26,27). The number of likely N-dealkylation sites (tertiary alicyclic amines) is 1. The first kappa shape index (κ1) is 21.9. The number of hydrogen-bond donors (Lipinski definition) is 3. The molecule has 1 fully saturated rings. The van der Waals surface area contributed by atoms with Crippen molar-refractivity contribution in [1.29, 1.82) is 0 Å². The van der Waals surface area contributed by atoms with Gasteiger partial charge in [0, 0.05) is 19.5 Å². The van der Waals surface area contributed by atoms with E-state index >= 15 is 0 Å². The Balaban J connectivity index is 1.90. The van der Waals surface area contributed by atoms with E-state index in [-0.39, 0.29) is 24.8 Å². The maximum Gasteiger partial charge on any atom is 0.303 e. The van der Waals surface area contributed by atoms with E-state index in [0.29, 0.717) is 36.1 Å². The molecule has 2 rings (SSSR count). The number of nitrogens with one attached hydrogen (secondary N) is 2. The van der Waals surface area contributed by atoms with Crippen molar-refractivity contribution in [2.45, 2.75) is 39.5 Å². The third-order valence-electron chi connectivity index (χ3n) is 4.85. The molecule has 3 N–H and O–H groups in total. The van der Waals surface area contributed by atoms with Crippen LogP contribution in [-0.4, -0.2) is 54.0 Å². The van der Waals surface area contributed by atoms with Crippen molar-refractivity contribution in [1.82, 2.24) is 10.2 Å². The predicted octanol–water partition coefficient (Wildman–Crippen LogP) is 2.59. The van der Waals surface area contributed by atoms with Crippen molar-refractivity contribution >= 4 is 23.5 Å². The summed E-state index contributed by atoms with van der Waals surface area (Å²) in [7, 11) is 0. The van der Waals surface area contributed by atoms with Gasteiger partial charge in [0.15, 0.2) is 0 Å². The van der Waals surface area contributed by atoms with Gasteiger partial charge in [0.25, 0.3) is 5.91 Å². The highest BCUT2D eigenvalue weighted by atomic mass is 16.4. The number of aliphatic carboxylic acids is 1. The van der Waals surface area contributed by atoms with E-state index in [1.165, 1.54) is 0 Å². The Morgan fingerprint density at radius 3 is 2.71 bits per heavy atom. The summed E-state index contributed by atoms with van der Waals surface area (Å²) >= 11 is 0. The Bertz CT molecular complexity index is 690. The molecule has 0 bridgehead atoms. The SMILES string of the molecule is CC(C)CNC(=O)c1ccccc1NC(=O)CN1CCCC(CCC(=O)O)C1. The first-order chi connectivity index (χ1) is 13.3. The third kappa shape index (κ3) is 7.31. The molecule has 0 spiro atoms. The number of hydrogen-bond acceptors (Lipinski definition) is 4. The largest absolute Gasteiger partial charge is 0.481 e. The number of carbonyl (C=O) groups is 3. The summed E-state index contributed by atoms with van der Waals surface area (Å²) in [5.74, 6) is -0.479. The summed E-state index contributed by atoms with van der Waals surface area (Å²) in [5.41, 5.74) is 0.961. The Hall–Kier alpha value is -2.41. The minimum atomic E-state index is -0.776. The van der Waals surface area contributed by atoms with Gasteiger partial charge in [-0.2, -0.15) is 0 Å². The van der Waals surface area contributed by atoms with E-state index in [4.69, 9.17) is 5.11 Å². The lowest BCUT2D eigenvalue weighted by molar-refractivity contribution is -0.137. The molecule has 1 aliphatic rings. The van der Waals surface area contributed by atoms with Gasteiger partial charge in [-0.15, -0.1) is 0 Å². The summed E-state index contributed by atoms with van der Waals surface area (Å²) < 4.78 is 0. The molecule has 1 heterocycles. The zero-order valence-corrected chi connectivity index (χ0v) is 16.7. The van der Waals surface area contributed by atoms with Gasteiger partial charge in [-0.1, -0.05) is 26.0 Å². The van der Waals surface area contributed by atoms with Crippen molar-refractivity contribution in [3.63, 3.8) is 0 Å². The molecule has 0 aliphatic carbocycles. The summed E-state index contributed by atoms with van der Waals surface area (Å²) in [6, 6.07) is 7.00. The second kappa shape index (κ2) is 10.8. The van der Waals surface area contributed by atoms with E-state index in [1.807, 2.05) is 13.8 Å². The first-order valence-electron chi connectivity index (χ1n) is 9.96. The molecule has 1 aromatic rings. The topological polar surface area (TPSA) is 98.7 Å². The number of nitrogens with zero attached hydrogens (tertiary/aromatic N) is 1. The summed E-state index contributed by atoms with van der Waals surface area (Å²) in [4.78, 5) is 37.7. The molecule has 7 heteroatoms. The van der Waals surface area contributed by atoms with Crippen molar-refractivity contribution in [3.05, 3.63) is 29.8 Å². The number of piperidine rings is 1. The molecule has 28 heavy (non-hydrogen) atoms. The molecule has 0 radical (unpaired) electrons. The van der Waals surface area contributed by atoms with E-state index in [9.17, 15) is 14.4 Å². The zero-order valence-electron chi connectivity index (χ0n) is 16.7. The molecule has 0 saturated carbocycles. The van der Waals surface area contributed by atoms with Crippen LogP contribution >= 0.6 is 0 Å². The van der Waals surface area contributed by atoms with Crippen LogP contribution in [0.5, 0.6) is 0 Å². The highest BCUT2D eigenvalue weighted by Gasteiger charge is 2.22. The second-order valence-electron chi connectivity index (χ2n) is 7.87. The van der Waals surface area contributed by atoms with E-state index < -0.39 is 5.97 Å². The Kier molecular flexibility index (Phi) is 8.44. The highest BCUT2D eigenvalue weighted by molar-refractivity contribution is 6.04. The lowest BCUT2D eigenvalue weighted by atomic mass is 9.93. The van der Waals surface area contributed by atoms with E-state index in [1.54, 1.807) is 24.3 Å². The molecule has 1 atom stereocenters. The molecule has 1 aliphatic heterocycles. The Labute approximate surface area is 166 Å². The number of rotatable bonds is 9. The van der Waals surface area contributed by atoms with Crippen LogP contribution in [0.15, 0.2) is 24.3 Å². The first-order valence-corrected chi connectivity index (χ1v) is 9.96. The molecule has 1 unspecified atom stereocenters. The quantitative estimate of drug-likeness (QED) is 0.603. The molecular formula is C21H31N3O4. The average Bonchev–Trinajstić information content (AvgIpc) is 2.65. The minimum absolute atomic E-state index is 0.164. The summed E-state index contributed by atoms with van der Waals surface area (Å²) in [6.45, 7) is 6.43. The van der Waals surface area contributed by atoms with Crippen molar-refractivity contribution in [3.8, 4) is 0 Å². The van der Waals surface area contributed by atoms with E-state index in [0.717, 1.165) is 25.9 Å². The summed E-state index contributed by atoms with van der Waals surface area (Å²) in [6.07, 6.45) is 2.78. The smallest absolute Gasteiger partial charge is 0.303 e. The third-order valence-corrected chi connectivity index (χ3v) is 4.85. The van der Waals surface area contributed by atoms with Gasteiger partial charge in [0.2, 0.25) is 5.91 Å². The highest BCUT2D eigenvalue weighted by Crippen LogP contribution is 2.21. The number of anilines is 1. The maximum absolute atomic E-state index is 12.5. The van der Waals surface area contributed by atoms with Crippen LogP contribution in [0.25, 0.3) is 0 Å². The van der Waals surface area contributed by atoms with Crippen LogP contribution in [0.3, 0.4) is 0 Å². The van der Waals surface area contributed by atoms with Crippen LogP contribution in [0.1, 0.15) is 49.9 Å². The monoisotopic (exact) mass is 389 g/mol. The lowest BCUT2D eigenvalue weighted by Gasteiger charge is -2.32. The van der Waals surface area contributed by atoms with Crippen LogP contribution in [0.2, 0.25) is 0 Å². The van der Waals surface area contributed by atoms with Gasteiger partial charge in [-0.25, -0.2) is 0 Å². The van der Waals surface area contributed by atoms with Gasteiger partial charge >= 0.3 is 5.97 Å². The van der Waals surface area contributed by atoms with Crippen LogP contribution < -0.4 is 10.6 Å². The molecule has 0 aromatic heterocycles. The van der Waals surface area contributed by atoms with Gasteiger partial charge in [0.1, 0.15) is 0 Å². The number of amides is 2. The maximum atomic E-state index is 12.5. The predicted molar refractivity (Wildman–Crippen MR) is 108 cm³/mol. The van der Waals surface area contributed by atoms with Gasteiger partial charge in [-0.3, -0.25) is 19.3 Å². The fourth-order valence-corrected chi connectivity index (χ4v) is 3.43. The van der Waals surface area contributed by atoms with Gasteiger partial charge < -0.3 is 15.7 Å². The fourth-order valence-electron chi connectivity index (χ4n) is 3.43. The lowest BCUT2D eigenvalue weighted by Crippen LogP contribution is -2.40. The normalized spacial score (nSPS) is 17.3.